The number of benzene rings is 3. The summed E-state index contributed by atoms with van der Waals surface area (Å²) in [4.78, 5) is 49.2. The Labute approximate surface area is 211 Å². The van der Waals surface area contributed by atoms with E-state index in [0.717, 1.165) is 16.9 Å². The predicted molar refractivity (Wildman–Crippen MR) is 134 cm³/mol. The number of carbonyl (C=O) groups excluding carboxylic acids is 3. The number of anilines is 1. The first-order valence-corrected chi connectivity index (χ1v) is 11.3. The van der Waals surface area contributed by atoms with E-state index >= 15 is 0 Å². The fourth-order valence-electron chi connectivity index (χ4n) is 3.58. The third-order valence-corrected chi connectivity index (χ3v) is 5.78. The average molecular weight is 506 g/mol. The van der Waals surface area contributed by atoms with E-state index < -0.39 is 22.8 Å². The SMILES string of the molecule is CCc1ccc(N2C(=O)NC(=O)/C(=C\c3ccc(OCc4cccc([N+](=O)[O-])c4)c(Cl)c3)C2=O)cc1. The molecule has 3 aromatic carbocycles. The van der Waals surface area contributed by atoms with Crippen molar-refractivity contribution < 1.29 is 24.0 Å². The van der Waals surface area contributed by atoms with Gasteiger partial charge in [-0.25, -0.2) is 9.69 Å². The molecule has 1 aliphatic heterocycles. The van der Waals surface area contributed by atoms with Crippen LogP contribution in [0.3, 0.4) is 0 Å². The molecule has 0 aromatic heterocycles. The van der Waals surface area contributed by atoms with Crippen molar-refractivity contribution in [1.82, 2.24) is 5.32 Å². The van der Waals surface area contributed by atoms with Crippen molar-refractivity contribution in [2.45, 2.75) is 20.0 Å². The summed E-state index contributed by atoms with van der Waals surface area (Å²) >= 11 is 6.33. The van der Waals surface area contributed by atoms with E-state index in [0.29, 0.717) is 22.6 Å². The Morgan fingerprint density at radius 3 is 2.44 bits per heavy atom. The largest absolute Gasteiger partial charge is 0.487 e. The van der Waals surface area contributed by atoms with Gasteiger partial charge in [-0.15, -0.1) is 0 Å². The molecular formula is C26H20ClN3O6. The summed E-state index contributed by atoms with van der Waals surface area (Å²) in [5.41, 5.74) is 2.14. The smallest absolute Gasteiger partial charge is 0.335 e. The molecule has 1 heterocycles. The third kappa shape index (κ3) is 5.26. The van der Waals surface area contributed by atoms with Crippen molar-refractivity contribution in [1.29, 1.82) is 0 Å². The van der Waals surface area contributed by atoms with Gasteiger partial charge in [-0.3, -0.25) is 25.0 Å². The molecule has 0 atom stereocenters. The second-order valence-corrected chi connectivity index (χ2v) is 8.29. The maximum atomic E-state index is 13.1. The fraction of sp³-hybridized carbons (Fsp3) is 0.115. The molecule has 1 saturated heterocycles. The van der Waals surface area contributed by atoms with Crippen LogP contribution in [0, 0.1) is 10.1 Å². The Kier molecular flexibility index (Phi) is 7.12. The molecule has 4 rings (SSSR count). The second-order valence-electron chi connectivity index (χ2n) is 7.88. The highest BCUT2D eigenvalue weighted by molar-refractivity contribution is 6.39. The average Bonchev–Trinajstić information content (AvgIpc) is 2.86. The third-order valence-electron chi connectivity index (χ3n) is 5.49. The Balaban J connectivity index is 1.53. The molecule has 0 aliphatic carbocycles. The monoisotopic (exact) mass is 505 g/mol. The van der Waals surface area contributed by atoms with Crippen LogP contribution in [0.2, 0.25) is 5.02 Å². The van der Waals surface area contributed by atoms with Crippen molar-refractivity contribution in [2.24, 2.45) is 0 Å². The van der Waals surface area contributed by atoms with Crippen molar-refractivity contribution in [2.75, 3.05) is 4.90 Å². The van der Waals surface area contributed by atoms with Crippen molar-refractivity contribution in [3.8, 4) is 5.75 Å². The number of nitrogens with one attached hydrogen (secondary N) is 1. The van der Waals surface area contributed by atoms with Gasteiger partial charge in [0.1, 0.15) is 17.9 Å². The molecule has 0 bridgehead atoms. The molecule has 0 saturated carbocycles. The summed E-state index contributed by atoms with van der Waals surface area (Å²) in [6, 6.07) is 16.8. The van der Waals surface area contributed by atoms with Gasteiger partial charge in [-0.05, 0) is 53.5 Å². The van der Waals surface area contributed by atoms with Gasteiger partial charge in [-0.2, -0.15) is 0 Å². The summed E-state index contributed by atoms with van der Waals surface area (Å²) in [6.45, 7) is 2.04. The molecule has 3 aromatic rings. The van der Waals surface area contributed by atoms with E-state index in [2.05, 4.69) is 5.32 Å². The van der Waals surface area contributed by atoms with Crippen LogP contribution in [0.4, 0.5) is 16.2 Å². The Hall–Kier alpha value is -4.50. The minimum Gasteiger partial charge on any atom is -0.487 e. The molecule has 0 unspecified atom stereocenters. The lowest BCUT2D eigenvalue weighted by Gasteiger charge is -2.26. The highest BCUT2D eigenvalue weighted by atomic mass is 35.5. The first-order chi connectivity index (χ1) is 17.3. The normalized spacial score (nSPS) is 14.7. The van der Waals surface area contributed by atoms with Crippen molar-refractivity contribution in [3.05, 3.63) is 104 Å². The van der Waals surface area contributed by atoms with Crippen molar-refractivity contribution in [3.63, 3.8) is 0 Å². The molecule has 36 heavy (non-hydrogen) atoms. The van der Waals surface area contributed by atoms with Gasteiger partial charge in [-0.1, -0.05) is 48.9 Å². The second kappa shape index (κ2) is 10.4. The number of ether oxygens (including phenoxy) is 1. The first-order valence-electron chi connectivity index (χ1n) is 10.9. The zero-order chi connectivity index (χ0) is 25.8. The van der Waals surface area contributed by atoms with E-state index in [1.807, 2.05) is 19.1 Å². The van der Waals surface area contributed by atoms with Gasteiger partial charge in [0.05, 0.1) is 15.6 Å². The van der Waals surface area contributed by atoms with E-state index in [-0.39, 0.29) is 22.9 Å². The molecule has 0 spiro atoms. The summed E-state index contributed by atoms with van der Waals surface area (Å²) in [5.74, 6) is -1.25. The Morgan fingerprint density at radius 2 is 1.78 bits per heavy atom. The Bertz CT molecular complexity index is 1400. The molecule has 1 N–H and O–H groups in total. The lowest BCUT2D eigenvalue weighted by atomic mass is 10.1. The van der Waals surface area contributed by atoms with E-state index in [1.165, 1.54) is 24.3 Å². The number of nitro benzene ring substituents is 1. The van der Waals surface area contributed by atoms with Crippen molar-refractivity contribution >= 4 is 46.9 Å². The maximum absolute atomic E-state index is 13.1. The highest BCUT2D eigenvalue weighted by Gasteiger charge is 2.36. The van der Waals surface area contributed by atoms with Gasteiger partial charge in [0, 0.05) is 12.1 Å². The quantitative estimate of drug-likeness (QED) is 0.207. The number of aryl methyl sites for hydroxylation is 1. The number of non-ortho nitro benzene ring substituents is 1. The lowest BCUT2D eigenvalue weighted by molar-refractivity contribution is -0.384. The Morgan fingerprint density at radius 1 is 1.03 bits per heavy atom. The van der Waals surface area contributed by atoms with Gasteiger partial charge < -0.3 is 4.74 Å². The van der Waals surface area contributed by atoms with Crippen LogP contribution in [-0.2, 0) is 22.6 Å². The minimum atomic E-state index is -0.825. The molecular weight excluding hydrogens is 486 g/mol. The van der Waals surface area contributed by atoms with Crippen LogP contribution < -0.4 is 15.0 Å². The molecule has 1 fully saturated rings. The zero-order valence-corrected chi connectivity index (χ0v) is 19.8. The molecule has 0 radical (unpaired) electrons. The highest BCUT2D eigenvalue weighted by Crippen LogP contribution is 2.29. The number of carbonyl (C=O) groups is 3. The van der Waals surface area contributed by atoms with Gasteiger partial charge in [0.15, 0.2) is 0 Å². The summed E-state index contributed by atoms with van der Waals surface area (Å²) < 4.78 is 5.68. The maximum Gasteiger partial charge on any atom is 0.335 e. The first kappa shape index (κ1) is 24.6. The van der Waals surface area contributed by atoms with Crippen LogP contribution >= 0.6 is 11.6 Å². The molecule has 4 amide bonds. The summed E-state index contributed by atoms with van der Waals surface area (Å²) in [6.07, 6.45) is 2.14. The van der Waals surface area contributed by atoms with Crippen LogP contribution in [0.15, 0.2) is 72.3 Å². The van der Waals surface area contributed by atoms with E-state index in [9.17, 15) is 24.5 Å². The number of imide groups is 2. The van der Waals surface area contributed by atoms with E-state index in [4.69, 9.17) is 16.3 Å². The number of urea groups is 1. The van der Waals surface area contributed by atoms with Crippen LogP contribution in [0.25, 0.3) is 6.08 Å². The number of barbiturate groups is 1. The van der Waals surface area contributed by atoms with Gasteiger partial charge in [0.2, 0.25) is 0 Å². The van der Waals surface area contributed by atoms with Gasteiger partial charge in [0.25, 0.3) is 17.5 Å². The lowest BCUT2D eigenvalue weighted by Crippen LogP contribution is -2.54. The molecule has 182 valence electrons. The van der Waals surface area contributed by atoms with Crippen LogP contribution in [0.5, 0.6) is 5.75 Å². The number of hydrogen-bond donors (Lipinski definition) is 1. The standard InChI is InChI=1S/C26H20ClN3O6/c1-2-16-6-9-19(10-7-16)29-25(32)21(24(31)28-26(29)33)13-17-8-11-23(22(27)14-17)36-15-18-4-3-5-20(12-18)30(34)35/h3-14H,2,15H2,1H3,(H,28,31,33)/b21-13+. The number of nitro groups is 1. The van der Waals surface area contributed by atoms with E-state index in [1.54, 1.807) is 36.4 Å². The van der Waals surface area contributed by atoms with Gasteiger partial charge >= 0.3 is 6.03 Å². The molecule has 10 heteroatoms. The number of halogens is 1. The molecule has 9 nitrogen and oxygen atoms in total. The minimum absolute atomic E-state index is 0.0478. The van der Waals surface area contributed by atoms with Crippen LogP contribution in [-0.4, -0.2) is 22.8 Å². The van der Waals surface area contributed by atoms with Crippen LogP contribution in [0.1, 0.15) is 23.6 Å². The topological polar surface area (TPSA) is 119 Å². The number of amides is 4. The zero-order valence-electron chi connectivity index (χ0n) is 19.1. The number of rotatable bonds is 7. The predicted octanol–water partition coefficient (Wildman–Crippen LogP) is 5.06. The number of nitrogens with zero attached hydrogens (tertiary/aromatic N) is 2. The number of hydrogen-bond acceptors (Lipinski definition) is 6. The summed E-state index contributed by atoms with van der Waals surface area (Å²) in [5, 5.41) is 13.3. The fourth-order valence-corrected chi connectivity index (χ4v) is 3.83. The summed E-state index contributed by atoms with van der Waals surface area (Å²) in [7, 11) is 0. The molecule has 1 aliphatic rings.